The zero-order valence-electron chi connectivity index (χ0n) is 7.86. The van der Waals surface area contributed by atoms with Gasteiger partial charge in [-0.1, -0.05) is 11.6 Å². The van der Waals surface area contributed by atoms with E-state index >= 15 is 0 Å². The predicted molar refractivity (Wildman–Crippen MR) is 58.7 cm³/mol. The molecule has 2 amide bonds. The van der Waals surface area contributed by atoms with Crippen molar-refractivity contribution in [1.82, 2.24) is 14.7 Å². The normalized spacial score (nSPS) is 10.9. The first-order valence-corrected chi connectivity index (χ1v) is 6.49. The van der Waals surface area contributed by atoms with Crippen LogP contribution in [-0.4, -0.2) is 24.4 Å². The van der Waals surface area contributed by atoms with Crippen molar-refractivity contribution >= 4 is 43.5 Å². The lowest BCUT2D eigenvalue weighted by Gasteiger charge is -2.04. The van der Waals surface area contributed by atoms with Crippen molar-refractivity contribution in [3.05, 3.63) is 16.9 Å². The van der Waals surface area contributed by atoms with Gasteiger partial charge in [-0.15, -0.1) is 0 Å². The molecule has 0 fully saturated rings. The summed E-state index contributed by atoms with van der Waals surface area (Å²) < 4.78 is 22.5. The Morgan fingerprint density at radius 2 is 2.06 bits per heavy atom. The summed E-state index contributed by atoms with van der Waals surface area (Å²) in [6.07, 6.45) is 0. The lowest BCUT2D eigenvalue weighted by Crippen LogP contribution is -2.31. The highest BCUT2D eigenvalue weighted by Crippen LogP contribution is 2.09. The molecule has 10 heteroatoms. The molecule has 0 aliphatic heterocycles. The van der Waals surface area contributed by atoms with Crippen molar-refractivity contribution in [3.63, 3.8) is 0 Å². The van der Waals surface area contributed by atoms with Crippen LogP contribution in [-0.2, 0) is 9.24 Å². The molecular formula is C6H6Cl2N4O3S. The summed E-state index contributed by atoms with van der Waals surface area (Å²) in [4.78, 5) is 18.5. The summed E-state index contributed by atoms with van der Waals surface area (Å²) >= 11 is 5.60. The Morgan fingerprint density at radius 3 is 2.56 bits per heavy atom. The van der Waals surface area contributed by atoms with E-state index in [-0.39, 0.29) is 11.1 Å². The van der Waals surface area contributed by atoms with Crippen molar-refractivity contribution in [2.24, 2.45) is 0 Å². The molecule has 16 heavy (non-hydrogen) atoms. The number of nitrogens with zero attached hydrogens (tertiary/aromatic N) is 2. The highest BCUT2D eigenvalue weighted by Gasteiger charge is 2.12. The van der Waals surface area contributed by atoms with Crippen LogP contribution in [0.2, 0.25) is 5.15 Å². The molecule has 2 N–H and O–H groups in total. The number of aromatic nitrogens is 2. The van der Waals surface area contributed by atoms with Crippen LogP contribution in [0.1, 0.15) is 5.69 Å². The number of hydrogen-bond acceptors (Lipinski definition) is 5. The Bertz CT molecular complexity index is 498. The Labute approximate surface area is 101 Å². The van der Waals surface area contributed by atoms with E-state index in [1.807, 2.05) is 0 Å². The van der Waals surface area contributed by atoms with Crippen LogP contribution in [0.4, 0.5) is 10.7 Å². The number of carbonyl (C=O) groups excluding carboxylic acids is 1. The number of urea groups is 1. The molecule has 0 aliphatic rings. The third-order valence-electron chi connectivity index (χ3n) is 1.26. The minimum atomic E-state index is -4.14. The van der Waals surface area contributed by atoms with E-state index < -0.39 is 15.3 Å². The predicted octanol–water partition coefficient (Wildman–Crippen LogP) is 1.04. The standard InChI is InChI=1S/C6H6Cl2N4O3S/c1-3-2-4(7)10-5(9-3)11-6(13)12-16(8,14)15/h2H,1H3,(H2,9,10,11,12,13). The number of halogens is 2. The maximum Gasteiger partial charge on any atom is 0.336 e. The summed E-state index contributed by atoms with van der Waals surface area (Å²) in [5.74, 6) is -0.122. The van der Waals surface area contributed by atoms with E-state index in [1.54, 1.807) is 6.92 Å². The van der Waals surface area contributed by atoms with Gasteiger partial charge in [0.2, 0.25) is 5.95 Å². The van der Waals surface area contributed by atoms with Gasteiger partial charge in [0.05, 0.1) is 0 Å². The van der Waals surface area contributed by atoms with Gasteiger partial charge in [-0.25, -0.2) is 19.5 Å². The van der Waals surface area contributed by atoms with Gasteiger partial charge in [0.25, 0.3) is 0 Å². The van der Waals surface area contributed by atoms with Crippen molar-refractivity contribution < 1.29 is 13.2 Å². The van der Waals surface area contributed by atoms with Gasteiger partial charge < -0.3 is 0 Å². The third kappa shape index (κ3) is 4.60. The highest BCUT2D eigenvalue weighted by atomic mass is 35.7. The van der Waals surface area contributed by atoms with Crippen molar-refractivity contribution in [1.29, 1.82) is 0 Å². The van der Waals surface area contributed by atoms with E-state index in [9.17, 15) is 13.2 Å². The van der Waals surface area contributed by atoms with Crippen LogP contribution in [0, 0.1) is 6.92 Å². The quantitative estimate of drug-likeness (QED) is 0.624. The van der Waals surface area contributed by atoms with E-state index in [0.29, 0.717) is 5.69 Å². The summed E-state index contributed by atoms with van der Waals surface area (Å²) in [5.41, 5.74) is 0.518. The number of anilines is 1. The van der Waals surface area contributed by atoms with Crippen LogP contribution in [0.5, 0.6) is 0 Å². The minimum Gasteiger partial charge on any atom is -0.275 e. The second-order valence-corrected chi connectivity index (χ2v) is 5.34. The molecule has 1 rings (SSSR count). The van der Waals surface area contributed by atoms with Gasteiger partial charge in [0, 0.05) is 16.4 Å². The Balaban J connectivity index is 2.77. The fourth-order valence-corrected chi connectivity index (χ4v) is 1.54. The minimum absolute atomic E-state index is 0.122. The van der Waals surface area contributed by atoms with E-state index in [4.69, 9.17) is 22.3 Å². The number of carbonyl (C=O) groups is 1. The van der Waals surface area contributed by atoms with Crippen LogP contribution < -0.4 is 10.0 Å². The van der Waals surface area contributed by atoms with E-state index in [1.165, 1.54) is 10.8 Å². The molecular weight excluding hydrogens is 279 g/mol. The van der Waals surface area contributed by atoms with Gasteiger partial charge in [0.15, 0.2) is 0 Å². The molecule has 0 saturated carbocycles. The van der Waals surface area contributed by atoms with Crippen LogP contribution in [0.25, 0.3) is 0 Å². The third-order valence-corrected chi connectivity index (χ3v) is 2.12. The smallest absolute Gasteiger partial charge is 0.275 e. The maximum atomic E-state index is 11.0. The fraction of sp³-hybridized carbons (Fsp3) is 0.167. The number of amides is 2. The molecule has 0 bridgehead atoms. The second kappa shape index (κ2) is 4.81. The van der Waals surface area contributed by atoms with Gasteiger partial charge in [-0.05, 0) is 13.0 Å². The van der Waals surface area contributed by atoms with Crippen molar-refractivity contribution in [2.75, 3.05) is 5.32 Å². The van der Waals surface area contributed by atoms with E-state index in [2.05, 4.69) is 15.3 Å². The van der Waals surface area contributed by atoms with Crippen molar-refractivity contribution in [3.8, 4) is 0 Å². The molecule has 1 aromatic rings. The SMILES string of the molecule is Cc1cc(Cl)nc(NC(=O)NS(=O)(=O)Cl)n1. The summed E-state index contributed by atoms with van der Waals surface area (Å²) in [7, 11) is 0.648. The molecule has 88 valence electrons. The molecule has 0 spiro atoms. The molecule has 0 unspecified atom stereocenters. The van der Waals surface area contributed by atoms with Crippen LogP contribution >= 0.6 is 22.3 Å². The molecule has 1 aromatic heterocycles. The molecule has 0 atom stereocenters. The number of nitrogens with one attached hydrogen (secondary N) is 2. The Kier molecular flexibility index (Phi) is 3.89. The average Bonchev–Trinajstić information content (AvgIpc) is 1.96. The molecule has 7 nitrogen and oxygen atoms in total. The highest BCUT2D eigenvalue weighted by molar-refractivity contribution is 8.12. The zero-order chi connectivity index (χ0) is 12.3. The summed E-state index contributed by atoms with van der Waals surface area (Å²) in [6, 6.07) is 0.403. The summed E-state index contributed by atoms with van der Waals surface area (Å²) in [6.45, 7) is 1.63. The number of rotatable bonds is 2. The Morgan fingerprint density at radius 1 is 1.44 bits per heavy atom. The van der Waals surface area contributed by atoms with Crippen LogP contribution in [0.3, 0.4) is 0 Å². The molecule has 0 aromatic carbocycles. The number of hydrogen-bond donors (Lipinski definition) is 2. The van der Waals surface area contributed by atoms with Gasteiger partial charge in [0.1, 0.15) is 5.15 Å². The van der Waals surface area contributed by atoms with Crippen LogP contribution in [0.15, 0.2) is 6.07 Å². The average molecular weight is 285 g/mol. The first kappa shape index (κ1) is 12.9. The van der Waals surface area contributed by atoms with E-state index in [0.717, 1.165) is 0 Å². The maximum absolute atomic E-state index is 11.0. The van der Waals surface area contributed by atoms with Gasteiger partial charge in [-0.2, -0.15) is 8.42 Å². The zero-order valence-corrected chi connectivity index (χ0v) is 10.2. The molecule has 0 radical (unpaired) electrons. The largest absolute Gasteiger partial charge is 0.336 e. The lowest BCUT2D eigenvalue weighted by atomic mass is 10.5. The second-order valence-electron chi connectivity index (χ2n) is 2.65. The summed E-state index contributed by atoms with van der Waals surface area (Å²) in [5, 5.41) is 2.18. The lowest BCUT2D eigenvalue weighted by molar-refractivity contribution is 0.256. The first-order valence-electron chi connectivity index (χ1n) is 3.81. The van der Waals surface area contributed by atoms with Gasteiger partial charge >= 0.3 is 15.3 Å². The van der Waals surface area contributed by atoms with Gasteiger partial charge in [-0.3, -0.25) is 5.32 Å². The Hall–Kier alpha value is -1.12. The molecule has 0 saturated heterocycles. The molecule has 0 aliphatic carbocycles. The molecule has 1 heterocycles. The topological polar surface area (TPSA) is 101 Å². The first-order chi connectivity index (χ1) is 7.26. The monoisotopic (exact) mass is 284 g/mol. The van der Waals surface area contributed by atoms with Crippen molar-refractivity contribution in [2.45, 2.75) is 6.92 Å². The fourth-order valence-electron chi connectivity index (χ4n) is 0.824. The number of aryl methyl sites for hydroxylation is 1.